The molecule has 0 N–H and O–H groups in total. The summed E-state index contributed by atoms with van der Waals surface area (Å²) in [4.78, 5) is 26.2. The zero-order chi connectivity index (χ0) is 20.7. The summed E-state index contributed by atoms with van der Waals surface area (Å²) in [6.45, 7) is 9.87. The minimum Gasteiger partial charge on any atom is -0.497 e. The van der Waals surface area contributed by atoms with Gasteiger partial charge in [-0.05, 0) is 58.2 Å². The Morgan fingerprint density at radius 2 is 1.79 bits per heavy atom. The molecular weight excluding hydrogens is 358 g/mol. The predicted octanol–water partition coefficient (Wildman–Crippen LogP) is 3.74. The molecule has 2 atom stereocenters. The first-order valence-electron chi connectivity index (χ1n) is 9.95. The number of benzene rings is 1. The van der Waals surface area contributed by atoms with Gasteiger partial charge in [-0.15, -0.1) is 0 Å². The molecule has 0 aromatic heterocycles. The summed E-state index contributed by atoms with van der Waals surface area (Å²) in [5.74, 6) is 0.0854. The molecule has 2 saturated heterocycles. The predicted molar refractivity (Wildman–Crippen MR) is 107 cm³/mol. The Morgan fingerprint density at radius 3 is 2.25 bits per heavy atom. The van der Waals surface area contributed by atoms with Gasteiger partial charge in [-0.3, -0.25) is 9.59 Å². The number of hydrogen-bond donors (Lipinski definition) is 0. The van der Waals surface area contributed by atoms with Gasteiger partial charge in [0.15, 0.2) is 0 Å². The van der Waals surface area contributed by atoms with Gasteiger partial charge in [-0.1, -0.05) is 12.1 Å². The van der Waals surface area contributed by atoms with Crippen molar-refractivity contribution < 1.29 is 23.8 Å². The Bertz CT molecular complexity index is 638. The zero-order valence-corrected chi connectivity index (χ0v) is 17.7. The van der Waals surface area contributed by atoms with Crippen molar-refractivity contribution >= 4 is 11.9 Å². The van der Waals surface area contributed by atoms with Crippen LogP contribution in [0.15, 0.2) is 24.3 Å². The van der Waals surface area contributed by atoms with Gasteiger partial charge in [0.25, 0.3) is 0 Å². The molecule has 1 aromatic carbocycles. The Hall–Kier alpha value is -2.08. The third kappa shape index (κ3) is 6.51. The van der Waals surface area contributed by atoms with E-state index in [1.54, 1.807) is 12.0 Å². The molecule has 0 bridgehead atoms. The molecule has 0 spiro atoms. The molecule has 2 heterocycles. The van der Waals surface area contributed by atoms with E-state index in [1.165, 1.54) is 12.8 Å². The number of amides is 1. The fraction of sp³-hybridized carbons (Fsp3) is 0.636. The second kappa shape index (κ2) is 9.92. The van der Waals surface area contributed by atoms with E-state index in [1.807, 2.05) is 52.0 Å². The number of hydrogen-bond acceptors (Lipinski definition) is 5. The molecule has 0 aliphatic carbocycles. The fourth-order valence-electron chi connectivity index (χ4n) is 3.22. The lowest BCUT2D eigenvalue weighted by Crippen LogP contribution is -2.32. The highest BCUT2D eigenvalue weighted by Gasteiger charge is 2.39. The van der Waals surface area contributed by atoms with Crippen LogP contribution in [0.25, 0.3) is 0 Å². The molecule has 6 nitrogen and oxygen atoms in total. The van der Waals surface area contributed by atoms with Crippen molar-refractivity contribution in [1.82, 2.24) is 4.90 Å². The Balaban J connectivity index is 0.000000485. The fourth-order valence-corrected chi connectivity index (χ4v) is 3.22. The van der Waals surface area contributed by atoms with E-state index in [0.29, 0.717) is 6.54 Å². The molecule has 0 saturated carbocycles. The maximum Gasteiger partial charge on any atom is 0.311 e. The molecule has 2 aliphatic heterocycles. The molecule has 1 unspecified atom stereocenters. The van der Waals surface area contributed by atoms with Crippen molar-refractivity contribution in [3.63, 3.8) is 0 Å². The first kappa shape index (κ1) is 22.2. The van der Waals surface area contributed by atoms with Gasteiger partial charge < -0.3 is 19.1 Å². The lowest BCUT2D eigenvalue weighted by molar-refractivity contribution is -0.159. The normalized spacial score (nSPS) is 20.4. The summed E-state index contributed by atoms with van der Waals surface area (Å²) in [6.07, 6.45) is 2.77. The number of ether oxygens (including phenoxy) is 3. The molecule has 0 radical (unpaired) electrons. The number of carbonyl (C=O) groups is 2. The van der Waals surface area contributed by atoms with Crippen molar-refractivity contribution in [1.29, 1.82) is 0 Å². The summed E-state index contributed by atoms with van der Waals surface area (Å²) in [7, 11) is 1.62. The first-order chi connectivity index (χ1) is 13.2. The smallest absolute Gasteiger partial charge is 0.311 e. The van der Waals surface area contributed by atoms with Crippen LogP contribution in [0.1, 0.15) is 58.6 Å². The van der Waals surface area contributed by atoms with E-state index in [9.17, 15) is 9.59 Å². The summed E-state index contributed by atoms with van der Waals surface area (Å²) in [6, 6.07) is 7.55. The number of esters is 1. The third-order valence-electron chi connectivity index (χ3n) is 4.79. The highest BCUT2D eigenvalue weighted by atomic mass is 16.6. The maximum atomic E-state index is 12.3. The van der Waals surface area contributed by atoms with Gasteiger partial charge in [0.2, 0.25) is 5.91 Å². The molecule has 1 aromatic rings. The van der Waals surface area contributed by atoms with Crippen molar-refractivity contribution in [3.8, 4) is 5.75 Å². The minimum atomic E-state index is -0.533. The lowest BCUT2D eigenvalue weighted by atomic mass is 10.1. The van der Waals surface area contributed by atoms with Crippen LogP contribution in [0, 0.1) is 5.92 Å². The number of methoxy groups -OCH3 is 1. The number of nitrogens with zero attached hydrogens (tertiary/aromatic N) is 1. The van der Waals surface area contributed by atoms with E-state index in [0.717, 1.165) is 24.5 Å². The average Bonchev–Trinajstić information content (AvgIpc) is 3.33. The summed E-state index contributed by atoms with van der Waals surface area (Å²) in [5, 5.41) is 0. The Morgan fingerprint density at radius 1 is 1.18 bits per heavy atom. The van der Waals surface area contributed by atoms with Crippen LogP contribution in [-0.4, -0.2) is 49.2 Å². The van der Waals surface area contributed by atoms with Crippen LogP contribution in [0.2, 0.25) is 0 Å². The molecular formula is C22H33NO5. The standard InChI is InChI=1S/C18H25NO4.C4H8O/c1-12(13-6-8-15(22-5)9-7-13)19-11-14(10-16(19)20)17(21)23-18(2,3)4;1-2-4-5-3-1/h6-9,12,14H,10-11H2,1-5H3;1-4H2/t12-,14?;/m0./s1. The molecule has 6 heteroatoms. The Labute approximate surface area is 168 Å². The first-order valence-corrected chi connectivity index (χ1v) is 9.95. The SMILES string of the molecule is C1CCOC1.COc1ccc([C@H](C)N2CC(C(=O)OC(C)(C)C)CC2=O)cc1. The molecule has 156 valence electrons. The van der Waals surface area contributed by atoms with Crippen LogP contribution in [0.4, 0.5) is 0 Å². The molecule has 2 aliphatic rings. The van der Waals surface area contributed by atoms with Gasteiger partial charge in [-0.25, -0.2) is 0 Å². The highest BCUT2D eigenvalue weighted by molar-refractivity contribution is 5.87. The molecule has 2 fully saturated rings. The van der Waals surface area contributed by atoms with Crippen molar-refractivity contribution in [2.45, 2.75) is 58.6 Å². The number of likely N-dealkylation sites (tertiary alicyclic amines) is 1. The van der Waals surface area contributed by atoms with Crippen molar-refractivity contribution in [2.75, 3.05) is 26.9 Å². The largest absolute Gasteiger partial charge is 0.497 e. The maximum absolute atomic E-state index is 12.3. The van der Waals surface area contributed by atoms with Crippen LogP contribution in [0.3, 0.4) is 0 Å². The highest BCUT2D eigenvalue weighted by Crippen LogP contribution is 2.30. The van der Waals surface area contributed by atoms with Gasteiger partial charge in [0.1, 0.15) is 11.4 Å². The molecule has 3 rings (SSSR count). The monoisotopic (exact) mass is 391 g/mol. The summed E-state index contributed by atoms with van der Waals surface area (Å²) >= 11 is 0. The van der Waals surface area contributed by atoms with Crippen molar-refractivity contribution in [2.24, 2.45) is 5.92 Å². The van der Waals surface area contributed by atoms with Gasteiger partial charge in [0.05, 0.1) is 19.1 Å². The quantitative estimate of drug-likeness (QED) is 0.732. The average molecular weight is 392 g/mol. The van der Waals surface area contributed by atoms with Gasteiger partial charge in [0, 0.05) is 26.2 Å². The van der Waals surface area contributed by atoms with Crippen LogP contribution >= 0.6 is 0 Å². The van der Waals surface area contributed by atoms with E-state index < -0.39 is 5.60 Å². The minimum absolute atomic E-state index is 0.0100. The Kier molecular flexibility index (Phi) is 7.87. The van der Waals surface area contributed by atoms with Gasteiger partial charge >= 0.3 is 5.97 Å². The molecule has 1 amide bonds. The second-order valence-electron chi connectivity index (χ2n) is 8.25. The van der Waals surface area contributed by atoms with Gasteiger partial charge in [-0.2, -0.15) is 0 Å². The number of rotatable bonds is 4. The topological polar surface area (TPSA) is 65.1 Å². The van der Waals surface area contributed by atoms with E-state index >= 15 is 0 Å². The second-order valence-corrected chi connectivity index (χ2v) is 8.25. The van der Waals surface area contributed by atoms with E-state index in [2.05, 4.69) is 0 Å². The molecule has 28 heavy (non-hydrogen) atoms. The zero-order valence-electron chi connectivity index (χ0n) is 17.7. The third-order valence-corrected chi connectivity index (χ3v) is 4.79. The van der Waals surface area contributed by atoms with Crippen molar-refractivity contribution in [3.05, 3.63) is 29.8 Å². The summed E-state index contributed by atoms with van der Waals surface area (Å²) < 4.78 is 15.5. The van der Waals surface area contributed by atoms with Crippen LogP contribution in [-0.2, 0) is 19.1 Å². The summed E-state index contributed by atoms with van der Waals surface area (Å²) in [5.41, 5.74) is 0.485. The van der Waals surface area contributed by atoms with Crippen LogP contribution < -0.4 is 4.74 Å². The lowest BCUT2D eigenvalue weighted by Gasteiger charge is -2.26. The van der Waals surface area contributed by atoms with E-state index in [-0.39, 0.29) is 30.3 Å². The van der Waals surface area contributed by atoms with Crippen LogP contribution in [0.5, 0.6) is 5.75 Å². The number of carbonyl (C=O) groups excluding carboxylic acids is 2. The van der Waals surface area contributed by atoms with E-state index in [4.69, 9.17) is 14.2 Å².